The van der Waals surface area contributed by atoms with Crippen molar-refractivity contribution in [2.75, 3.05) is 7.05 Å². The van der Waals surface area contributed by atoms with Gasteiger partial charge in [-0.3, -0.25) is 4.79 Å². The van der Waals surface area contributed by atoms with Crippen molar-refractivity contribution in [2.24, 2.45) is 0 Å². The van der Waals surface area contributed by atoms with E-state index in [1.165, 1.54) is 25.1 Å². The average Bonchev–Trinajstić information content (AvgIpc) is 2.87. The summed E-state index contributed by atoms with van der Waals surface area (Å²) in [6, 6.07) is 8.55. The van der Waals surface area contributed by atoms with E-state index < -0.39 is 12.0 Å². The van der Waals surface area contributed by atoms with Gasteiger partial charge in [0, 0.05) is 7.05 Å². The second kappa shape index (κ2) is 5.78. The molecule has 1 aromatic carbocycles. The number of amides is 1. The summed E-state index contributed by atoms with van der Waals surface area (Å²) in [5.74, 6) is -1.40. The molecule has 1 amide bonds. The third-order valence-corrected chi connectivity index (χ3v) is 3.50. The second-order valence-corrected chi connectivity index (χ2v) is 4.82. The highest BCUT2D eigenvalue weighted by molar-refractivity contribution is 5.97. The quantitative estimate of drug-likeness (QED) is 0.929. The molecule has 0 spiro atoms. The van der Waals surface area contributed by atoms with E-state index in [0.29, 0.717) is 11.3 Å². The maximum Gasteiger partial charge on any atom is 0.326 e. The molecule has 0 unspecified atom stereocenters. The topological polar surface area (TPSA) is 75.4 Å². The molecular weight excluding hydrogens is 270 g/mol. The van der Waals surface area contributed by atoms with Crippen LogP contribution in [0.25, 0.3) is 5.69 Å². The Morgan fingerprint density at radius 3 is 2.48 bits per heavy atom. The van der Waals surface area contributed by atoms with Crippen molar-refractivity contribution in [3.05, 3.63) is 47.8 Å². The molecule has 21 heavy (non-hydrogen) atoms. The molecule has 0 radical (unpaired) electrons. The highest BCUT2D eigenvalue weighted by Gasteiger charge is 2.25. The Morgan fingerprint density at radius 1 is 1.29 bits per heavy atom. The van der Waals surface area contributed by atoms with Crippen molar-refractivity contribution in [3.63, 3.8) is 0 Å². The molecule has 1 heterocycles. The number of aromatic nitrogens is 2. The number of hydrogen-bond acceptors (Lipinski definition) is 3. The molecule has 1 aromatic heterocycles. The van der Waals surface area contributed by atoms with E-state index in [-0.39, 0.29) is 5.91 Å². The first-order chi connectivity index (χ1) is 9.93. The van der Waals surface area contributed by atoms with Crippen LogP contribution in [0.5, 0.6) is 0 Å². The lowest BCUT2D eigenvalue weighted by Gasteiger charge is -2.21. The minimum atomic E-state index is -1.04. The number of likely N-dealkylation sites (N-methyl/N-ethyl adjacent to an activating group) is 1. The number of benzene rings is 1. The summed E-state index contributed by atoms with van der Waals surface area (Å²) in [5.41, 5.74) is 1.92. The van der Waals surface area contributed by atoms with Gasteiger partial charge in [-0.25, -0.2) is 9.48 Å². The van der Waals surface area contributed by atoms with Crippen LogP contribution in [-0.2, 0) is 4.79 Å². The molecule has 2 rings (SSSR count). The molecule has 0 fully saturated rings. The maximum absolute atomic E-state index is 12.4. The van der Waals surface area contributed by atoms with Gasteiger partial charge in [0.25, 0.3) is 5.91 Å². The van der Waals surface area contributed by atoms with Gasteiger partial charge in [-0.2, -0.15) is 5.10 Å². The highest BCUT2D eigenvalue weighted by Crippen LogP contribution is 2.16. The number of nitrogens with zero attached hydrogens (tertiary/aromatic N) is 3. The normalized spacial score (nSPS) is 12.0. The van der Waals surface area contributed by atoms with Crippen LogP contribution in [0.15, 0.2) is 36.5 Å². The van der Waals surface area contributed by atoms with Crippen molar-refractivity contribution >= 4 is 11.9 Å². The lowest BCUT2D eigenvalue weighted by Crippen LogP contribution is -2.40. The molecule has 2 aromatic rings. The molecule has 110 valence electrons. The Balaban J connectivity index is 2.33. The van der Waals surface area contributed by atoms with E-state index in [2.05, 4.69) is 5.10 Å². The van der Waals surface area contributed by atoms with Gasteiger partial charge >= 0.3 is 5.97 Å². The summed E-state index contributed by atoms with van der Waals surface area (Å²) in [5, 5.41) is 13.2. The van der Waals surface area contributed by atoms with Gasteiger partial charge in [0.15, 0.2) is 0 Å². The van der Waals surface area contributed by atoms with Crippen LogP contribution in [0.1, 0.15) is 23.0 Å². The van der Waals surface area contributed by atoms with Gasteiger partial charge < -0.3 is 10.0 Å². The van der Waals surface area contributed by atoms with Crippen LogP contribution in [0.3, 0.4) is 0 Å². The number of carboxylic acids is 1. The van der Waals surface area contributed by atoms with Crippen molar-refractivity contribution in [1.29, 1.82) is 0 Å². The zero-order valence-electron chi connectivity index (χ0n) is 12.1. The van der Waals surface area contributed by atoms with Crippen molar-refractivity contribution in [2.45, 2.75) is 19.9 Å². The van der Waals surface area contributed by atoms with Crippen LogP contribution < -0.4 is 0 Å². The highest BCUT2D eigenvalue weighted by atomic mass is 16.4. The van der Waals surface area contributed by atoms with Crippen molar-refractivity contribution in [3.8, 4) is 5.69 Å². The Hall–Kier alpha value is -2.63. The summed E-state index contributed by atoms with van der Waals surface area (Å²) in [6.45, 7) is 3.25. The fourth-order valence-corrected chi connectivity index (χ4v) is 1.98. The first kappa shape index (κ1) is 14.8. The predicted molar refractivity (Wildman–Crippen MR) is 77.5 cm³/mol. The Labute approximate surface area is 122 Å². The van der Waals surface area contributed by atoms with Gasteiger partial charge in [0.05, 0.1) is 23.1 Å². The third-order valence-electron chi connectivity index (χ3n) is 3.50. The van der Waals surface area contributed by atoms with Gasteiger partial charge in [-0.05, 0) is 26.0 Å². The van der Waals surface area contributed by atoms with E-state index in [4.69, 9.17) is 5.11 Å². The van der Waals surface area contributed by atoms with E-state index >= 15 is 0 Å². The Morgan fingerprint density at radius 2 is 1.90 bits per heavy atom. The number of rotatable bonds is 4. The molecule has 1 atom stereocenters. The summed E-state index contributed by atoms with van der Waals surface area (Å²) >= 11 is 0. The van der Waals surface area contributed by atoms with E-state index in [1.807, 2.05) is 30.3 Å². The molecule has 6 heteroatoms. The summed E-state index contributed by atoms with van der Waals surface area (Å²) in [6.07, 6.45) is 1.47. The molecular formula is C15H17N3O3. The molecule has 6 nitrogen and oxygen atoms in total. The summed E-state index contributed by atoms with van der Waals surface area (Å²) < 4.78 is 1.66. The van der Waals surface area contributed by atoms with Crippen molar-refractivity contribution in [1.82, 2.24) is 14.7 Å². The number of carbonyl (C=O) groups is 2. The molecule has 0 bridgehead atoms. The van der Waals surface area contributed by atoms with Crippen LogP contribution in [0, 0.1) is 6.92 Å². The van der Waals surface area contributed by atoms with E-state index in [0.717, 1.165) is 5.69 Å². The standard InChI is InChI=1S/C15H17N3O3/c1-10-13(14(19)17(3)11(2)15(20)21)9-16-18(10)12-7-5-4-6-8-12/h4-9,11H,1-3H3,(H,20,21)/t11-/m1/s1. The van der Waals surface area contributed by atoms with E-state index in [9.17, 15) is 9.59 Å². The Bertz CT molecular complexity index is 664. The number of carbonyl (C=O) groups excluding carboxylic acids is 1. The zero-order chi connectivity index (χ0) is 15.6. The SMILES string of the molecule is Cc1c(C(=O)N(C)[C@H](C)C(=O)O)cnn1-c1ccccc1. The number of hydrogen-bond donors (Lipinski definition) is 1. The lowest BCUT2D eigenvalue weighted by molar-refractivity contribution is -0.141. The first-order valence-electron chi connectivity index (χ1n) is 6.53. The first-order valence-corrected chi connectivity index (χ1v) is 6.53. The number of aliphatic carboxylic acids is 1. The maximum atomic E-state index is 12.4. The fraction of sp³-hybridized carbons (Fsp3) is 0.267. The molecule has 0 saturated heterocycles. The molecule has 0 aliphatic heterocycles. The monoisotopic (exact) mass is 287 g/mol. The minimum Gasteiger partial charge on any atom is -0.480 e. The van der Waals surface area contributed by atoms with Gasteiger partial charge in [0.1, 0.15) is 6.04 Å². The minimum absolute atomic E-state index is 0.357. The summed E-state index contributed by atoms with van der Waals surface area (Å²) in [7, 11) is 1.47. The average molecular weight is 287 g/mol. The van der Waals surface area contributed by atoms with Crippen LogP contribution >= 0.6 is 0 Å². The molecule has 0 aliphatic carbocycles. The van der Waals surface area contributed by atoms with Crippen molar-refractivity contribution < 1.29 is 14.7 Å². The fourth-order valence-electron chi connectivity index (χ4n) is 1.98. The Kier molecular flexibility index (Phi) is 4.07. The van der Waals surface area contributed by atoms with Crippen LogP contribution in [-0.4, -0.2) is 44.8 Å². The predicted octanol–water partition coefficient (Wildman–Crippen LogP) is 1.73. The number of para-hydroxylation sites is 1. The summed E-state index contributed by atoms with van der Waals surface area (Å²) in [4.78, 5) is 24.5. The molecule has 1 N–H and O–H groups in total. The van der Waals surface area contributed by atoms with Gasteiger partial charge in [-0.1, -0.05) is 18.2 Å². The zero-order valence-corrected chi connectivity index (χ0v) is 12.1. The number of carboxylic acid groups (broad SMARTS) is 1. The largest absolute Gasteiger partial charge is 0.480 e. The lowest BCUT2D eigenvalue weighted by atomic mass is 10.2. The smallest absolute Gasteiger partial charge is 0.326 e. The molecule has 0 saturated carbocycles. The van der Waals surface area contributed by atoms with Gasteiger partial charge in [-0.15, -0.1) is 0 Å². The second-order valence-electron chi connectivity index (χ2n) is 4.82. The van der Waals surface area contributed by atoms with Crippen LogP contribution in [0.4, 0.5) is 0 Å². The van der Waals surface area contributed by atoms with Gasteiger partial charge in [0.2, 0.25) is 0 Å². The third kappa shape index (κ3) is 2.79. The van der Waals surface area contributed by atoms with E-state index in [1.54, 1.807) is 11.6 Å². The van der Waals surface area contributed by atoms with Crippen LogP contribution in [0.2, 0.25) is 0 Å². The molecule has 0 aliphatic rings.